The van der Waals surface area contributed by atoms with E-state index in [9.17, 15) is 9.50 Å². The van der Waals surface area contributed by atoms with Crippen molar-refractivity contribution in [1.82, 2.24) is 0 Å². The number of halogens is 1. The van der Waals surface area contributed by atoms with Gasteiger partial charge in [0.1, 0.15) is 11.6 Å². The average Bonchev–Trinajstić information content (AvgIpc) is 2.52. The first kappa shape index (κ1) is 14.4. The Hall–Kier alpha value is -2.49. The smallest absolute Gasteiger partial charge is 0.135 e. The van der Waals surface area contributed by atoms with Crippen LogP contribution < -0.4 is 15.2 Å². The van der Waals surface area contributed by atoms with E-state index >= 15 is 0 Å². The van der Waals surface area contributed by atoms with Gasteiger partial charge >= 0.3 is 0 Å². The number of benzene rings is 2. The summed E-state index contributed by atoms with van der Waals surface area (Å²) in [6.45, 7) is 2.96. The van der Waals surface area contributed by atoms with E-state index in [2.05, 4.69) is 11.4 Å². The molecule has 22 heavy (non-hydrogen) atoms. The topological polar surface area (TPSA) is 44.3 Å². The Labute approximate surface area is 129 Å². The van der Waals surface area contributed by atoms with E-state index < -0.39 is 0 Å². The number of rotatable bonds is 4. The van der Waals surface area contributed by atoms with Gasteiger partial charge in [0.05, 0.1) is 12.3 Å². The molecule has 114 valence electrons. The zero-order valence-corrected chi connectivity index (χ0v) is 12.4. The number of anilines is 1. The van der Waals surface area contributed by atoms with Crippen LogP contribution in [0.5, 0.6) is 11.5 Å². The normalized spacial score (nSPS) is 13.1. The maximum Gasteiger partial charge on any atom is 0.135 e. The van der Waals surface area contributed by atoms with Gasteiger partial charge in [-0.2, -0.15) is 0 Å². The molecule has 1 aliphatic rings. The molecule has 1 heterocycles. The van der Waals surface area contributed by atoms with Crippen LogP contribution in [0, 0.1) is 5.82 Å². The van der Waals surface area contributed by atoms with Crippen molar-refractivity contribution < 1.29 is 14.2 Å². The zero-order chi connectivity index (χ0) is 15.5. The molecule has 0 amide bonds. The molecule has 1 aliphatic heterocycles. The average molecular weight is 298 g/mol. The second-order valence-corrected chi connectivity index (χ2v) is 5.25. The summed E-state index contributed by atoms with van der Waals surface area (Å²) in [7, 11) is 0. The third-order valence-corrected chi connectivity index (χ3v) is 3.64. The number of hydrogen-bond acceptors (Lipinski definition) is 3. The van der Waals surface area contributed by atoms with Gasteiger partial charge in [0.15, 0.2) is 0 Å². The molecule has 1 N–H and O–H groups in total. The Kier molecular flexibility index (Phi) is 4.00. The van der Waals surface area contributed by atoms with Crippen LogP contribution in [0.25, 0.3) is 6.08 Å². The fourth-order valence-electron chi connectivity index (χ4n) is 2.62. The molecule has 2 aromatic carbocycles. The molecule has 0 bridgehead atoms. The molecule has 0 aliphatic carbocycles. The minimum absolute atomic E-state index is 0.108. The first-order chi connectivity index (χ1) is 10.7. The highest BCUT2D eigenvalue weighted by Crippen LogP contribution is 2.39. The molecule has 3 rings (SSSR count). The van der Waals surface area contributed by atoms with Gasteiger partial charge in [0.2, 0.25) is 0 Å². The van der Waals surface area contributed by atoms with Crippen molar-refractivity contribution in [2.75, 3.05) is 18.5 Å². The van der Waals surface area contributed by atoms with Gasteiger partial charge in [-0.05, 0) is 36.6 Å². The summed E-state index contributed by atoms with van der Waals surface area (Å²) in [5.41, 5.74) is 3.95. The summed E-state index contributed by atoms with van der Waals surface area (Å²) in [6, 6.07) is 9.85. The predicted octanol–water partition coefficient (Wildman–Crippen LogP) is 3.35. The van der Waals surface area contributed by atoms with Crippen molar-refractivity contribution in [2.45, 2.75) is 13.3 Å². The third kappa shape index (κ3) is 2.91. The highest BCUT2D eigenvalue weighted by molar-refractivity contribution is 5.79. The fraction of sp³-hybridized carbons (Fsp3) is 0.222. The molecule has 0 atom stereocenters. The SMILES string of the molecule is CCOc1c([O-])ccc2c1NCC(Cc1ccc(F)cc1)=C2. The van der Waals surface area contributed by atoms with Crippen molar-refractivity contribution in [2.24, 2.45) is 0 Å². The summed E-state index contributed by atoms with van der Waals surface area (Å²) < 4.78 is 18.4. The van der Waals surface area contributed by atoms with Crippen molar-refractivity contribution in [3.05, 3.63) is 58.9 Å². The highest BCUT2D eigenvalue weighted by atomic mass is 19.1. The van der Waals surface area contributed by atoms with E-state index in [0.29, 0.717) is 18.9 Å². The van der Waals surface area contributed by atoms with Gasteiger partial charge in [0.25, 0.3) is 0 Å². The van der Waals surface area contributed by atoms with Gasteiger partial charge in [0, 0.05) is 12.1 Å². The lowest BCUT2D eigenvalue weighted by molar-refractivity contribution is -0.270. The summed E-state index contributed by atoms with van der Waals surface area (Å²) in [6.07, 6.45) is 2.81. The van der Waals surface area contributed by atoms with Crippen LogP contribution in [0.2, 0.25) is 0 Å². The largest absolute Gasteiger partial charge is 0.870 e. The Morgan fingerprint density at radius 3 is 2.68 bits per heavy atom. The molecule has 2 aromatic rings. The van der Waals surface area contributed by atoms with E-state index in [4.69, 9.17) is 4.74 Å². The zero-order valence-electron chi connectivity index (χ0n) is 12.4. The number of fused-ring (bicyclic) bond motifs is 1. The van der Waals surface area contributed by atoms with Crippen LogP contribution in [0.15, 0.2) is 42.0 Å². The van der Waals surface area contributed by atoms with Gasteiger partial charge in [-0.25, -0.2) is 4.39 Å². The fourth-order valence-corrected chi connectivity index (χ4v) is 2.62. The molecule has 0 fully saturated rings. The van der Waals surface area contributed by atoms with E-state index in [0.717, 1.165) is 23.2 Å². The predicted molar refractivity (Wildman–Crippen MR) is 83.6 cm³/mol. The Morgan fingerprint density at radius 1 is 1.18 bits per heavy atom. The van der Waals surface area contributed by atoms with E-state index in [1.54, 1.807) is 18.2 Å². The molecule has 4 heteroatoms. The molecule has 0 aromatic heterocycles. The van der Waals surface area contributed by atoms with Crippen LogP contribution in [-0.2, 0) is 6.42 Å². The lowest BCUT2D eigenvalue weighted by atomic mass is 9.98. The molecule has 0 saturated heterocycles. The molecule has 0 spiro atoms. The lowest BCUT2D eigenvalue weighted by Gasteiger charge is -2.25. The quantitative estimate of drug-likeness (QED) is 0.941. The van der Waals surface area contributed by atoms with Gasteiger partial charge < -0.3 is 15.2 Å². The second-order valence-electron chi connectivity index (χ2n) is 5.25. The summed E-state index contributed by atoms with van der Waals surface area (Å²) >= 11 is 0. The van der Waals surface area contributed by atoms with Crippen molar-refractivity contribution >= 4 is 11.8 Å². The Balaban J connectivity index is 1.87. The third-order valence-electron chi connectivity index (χ3n) is 3.64. The summed E-state index contributed by atoms with van der Waals surface area (Å²) in [5, 5.41) is 15.1. The highest BCUT2D eigenvalue weighted by Gasteiger charge is 2.15. The summed E-state index contributed by atoms with van der Waals surface area (Å²) in [4.78, 5) is 0. The van der Waals surface area contributed by atoms with Gasteiger partial charge in [-0.1, -0.05) is 36.1 Å². The van der Waals surface area contributed by atoms with E-state index in [-0.39, 0.29) is 11.6 Å². The monoisotopic (exact) mass is 298 g/mol. The standard InChI is InChI=1S/C18H18FNO2/c1-2-22-18-16(21)8-5-14-10-13(11-20-17(14)18)9-12-3-6-15(19)7-4-12/h3-8,10,20-21H,2,9,11H2,1H3/p-1. The molecular formula is C18H17FNO2-. The van der Waals surface area contributed by atoms with Crippen LogP contribution >= 0.6 is 0 Å². The maximum absolute atomic E-state index is 12.9. The first-order valence-corrected chi connectivity index (χ1v) is 7.32. The van der Waals surface area contributed by atoms with Crippen molar-refractivity contribution in [3.63, 3.8) is 0 Å². The minimum Gasteiger partial charge on any atom is -0.870 e. The molecule has 0 radical (unpaired) electrons. The van der Waals surface area contributed by atoms with Crippen LogP contribution in [0.3, 0.4) is 0 Å². The molecule has 0 saturated carbocycles. The number of nitrogens with one attached hydrogen (secondary N) is 1. The van der Waals surface area contributed by atoms with Crippen LogP contribution in [0.1, 0.15) is 18.1 Å². The van der Waals surface area contributed by atoms with Crippen molar-refractivity contribution in [1.29, 1.82) is 0 Å². The van der Waals surface area contributed by atoms with E-state index in [1.807, 2.05) is 6.92 Å². The number of hydrogen-bond donors (Lipinski definition) is 1. The van der Waals surface area contributed by atoms with E-state index in [1.165, 1.54) is 23.8 Å². The summed E-state index contributed by atoms with van der Waals surface area (Å²) in [5.74, 6) is 0.0507. The molecule has 3 nitrogen and oxygen atoms in total. The number of ether oxygens (including phenoxy) is 1. The second kappa shape index (κ2) is 6.10. The van der Waals surface area contributed by atoms with Gasteiger partial charge in [-0.15, -0.1) is 0 Å². The van der Waals surface area contributed by atoms with Crippen LogP contribution in [-0.4, -0.2) is 13.2 Å². The first-order valence-electron chi connectivity index (χ1n) is 7.32. The van der Waals surface area contributed by atoms with Crippen molar-refractivity contribution in [3.8, 4) is 11.5 Å². The van der Waals surface area contributed by atoms with Gasteiger partial charge in [-0.3, -0.25) is 0 Å². The molecular weight excluding hydrogens is 281 g/mol. The minimum atomic E-state index is -0.228. The molecule has 0 unspecified atom stereocenters. The Morgan fingerprint density at radius 2 is 1.95 bits per heavy atom. The van der Waals surface area contributed by atoms with Crippen LogP contribution in [0.4, 0.5) is 10.1 Å². The maximum atomic E-state index is 12.9. The lowest BCUT2D eigenvalue weighted by Crippen LogP contribution is -2.14. The Bertz CT molecular complexity index is 708.